The van der Waals surface area contributed by atoms with Crippen LogP contribution in [0.2, 0.25) is 0 Å². The average molecular weight is 1140 g/mol. The minimum Gasteiger partial charge on any atom is -0.458 e. The van der Waals surface area contributed by atoms with Crippen LogP contribution in [0.25, 0.3) is 22.3 Å². The van der Waals surface area contributed by atoms with Gasteiger partial charge >= 0.3 is 5.97 Å². The normalized spacial score (nSPS) is 16.8. The quantitative estimate of drug-likeness (QED) is 0.0118. The van der Waals surface area contributed by atoms with Crippen molar-refractivity contribution >= 4 is 64.1 Å². The molecular weight excluding hydrogens is 1080 g/mol. The highest BCUT2D eigenvalue weighted by Crippen LogP contribution is 2.47. The molecule has 7 N–H and O–H groups in total. The summed E-state index contributed by atoms with van der Waals surface area (Å²) in [4.78, 5) is 133. The maximum absolute atomic E-state index is 15.4. The molecule has 4 aromatic rings. The average Bonchev–Trinajstić information content (AvgIpc) is 3.54. The molecule has 0 saturated heterocycles. The van der Waals surface area contributed by atoms with Crippen LogP contribution in [-0.2, 0) is 103 Å². The van der Waals surface area contributed by atoms with Gasteiger partial charge in [-0.15, -0.1) is 0 Å². The Hall–Kier alpha value is -8.34. The second-order valence-corrected chi connectivity index (χ2v) is 19.4. The number of imide groups is 1. The molecule has 2 aromatic carbocycles. The zero-order valence-electron chi connectivity index (χ0n) is 45.0. The molecular formula is C55H62FN9O17. The van der Waals surface area contributed by atoms with Crippen molar-refractivity contribution in [1.82, 2.24) is 46.4 Å². The van der Waals surface area contributed by atoms with Gasteiger partial charge in [-0.1, -0.05) is 37.3 Å². The number of rotatable bonds is 30. The van der Waals surface area contributed by atoms with Gasteiger partial charge in [-0.05, 0) is 48.1 Å². The fourth-order valence-corrected chi connectivity index (χ4v) is 9.77. The van der Waals surface area contributed by atoms with E-state index in [4.69, 9.17) is 33.4 Å². The first-order chi connectivity index (χ1) is 39.5. The SMILES string of the molecule is CC[C@@]1(O)C(=O)OCc2c1cc1n(c2=O)Cc2c-1nc1cc(F)c(C)c3c1c2[C@@H](NC(=O)COCNC(=O)CNC(=O)C(Cc1ccccc1)NC(=O)CNC(=O)CNC(=O)COCCOCCOCCOCCN1C(=O)C=CC1=O)C3. The fourth-order valence-electron chi connectivity index (χ4n) is 9.77. The smallest absolute Gasteiger partial charge is 0.343 e. The fraction of sp³-hybridized carbons (Fsp3) is 0.436. The number of nitrogens with zero attached hydrogens (tertiary/aromatic N) is 3. The number of aliphatic hydroxyl groups is 1. The van der Waals surface area contributed by atoms with E-state index in [-0.39, 0.29) is 115 Å². The molecule has 8 rings (SSSR count). The van der Waals surface area contributed by atoms with E-state index in [1.165, 1.54) is 22.8 Å². The van der Waals surface area contributed by atoms with E-state index in [0.717, 1.165) is 4.90 Å². The van der Waals surface area contributed by atoms with Crippen LogP contribution in [0.4, 0.5) is 4.39 Å². The summed E-state index contributed by atoms with van der Waals surface area (Å²) in [6, 6.07) is 9.67. The van der Waals surface area contributed by atoms with Crippen molar-refractivity contribution in [2.24, 2.45) is 0 Å². The van der Waals surface area contributed by atoms with E-state index in [1.54, 1.807) is 50.2 Å². The number of benzene rings is 2. The standard InChI is InChI=1S/C55H62FN9O17/c1-3-55(76)36-21-41-51-34(26-65(41)53(74)35(36)27-82-54(55)75)50-38(20-33-31(2)37(56)22-39(63-51)49(33)50)61-46(70)29-81-30-60-43(67)24-59-52(73)40(19-32-7-5-4-6-8-32)62-44(68)25-57-42(66)23-58-45(69)28-80-18-17-79-16-15-78-14-13-77-12-11-64-47(71)9-10-48(64)72/h4-10,21-22,38,40,76H,3,11-20,23-30H2,1-2H3,(H,57,66)(H,58,69)(H,59,73)(H,60,67)(H,61,70)(H,62,68)/t38-,40?,55-/m0/s1. The summed E-state index contributed by atoms with van der Waals surface area (Å²) in [6.07, 6.45) is 2.57. The second kappa shape index (κ2) is 27.4. The Morgan fingerprint density at radius 3 is 2.11 bits per heavy atom. The summed E-state index contributed by atoms with van der Waals surface area (Å²) in [6.45, 7) is 1.70. The lowest BCUT2D eigenvalue weighted by molar-refractivity contribution is -0.172. The van der Waals surface area contributed by atoms with Crippen molar-refractivity contribution in [2.75, 3.05) is 92.4 Å². The molecule has 3 atom stereocenters. The number of nitrogens with one attached hydrogen (secondary N) is 6. The number of cyclic esters (lactones) is 1. The monoisotopic (exact) mass is 1140 g/mol. The Balaban J connectivity index is 0.724. The van der Waals surface area contributed by atoms with Gasteiger partial charge in [-0.3, -0.25) is 48.1 Å². The number of hydrogen-bond donors (Lipinski definition) is 7. The Morgan fingerprint density at radius 2 is 1.40 bits per heavy atom. The van der Waals surface area contributed by atoms with Crippen LogP contribution < -0.4 is 37.5 Å². The first-order valence-corrected chi connectivity index (χ1v) is 26.4. The molecule has 0 fully saturated rings. The van der Waals surface area contributed by atoms with Crippen LogP contribution in [0.15, 0.2) is 59.4 Å². The maximum Gasteiger partial charge on any atom is 0.343 e. The number of hydrogen-bond acceptors (Lipinski definition) is 18. The van der Waals surface area contributed by atoms with E-state index in [9.17, 15) is 53.1 Å². The van der Waals surface area contributed by atoms with Crippen LogP contribution in [0, 0.1) is 12.7 Å². The van der Waals surface area contributed by atoms with Gasteiger partial charge in [0.1, 0.15) is 38.4 Å². The van der Waals surface area contributed by atoms with Gasteiger partial charge in [0.15, 0.2) is 5.60 Å². The lowest BCUT2D eigenvalue weighted by atomic mass is 9.86. The number of pyridine rings is 2. The molecule has 0 spiro atoms. The molecule has 0 bridgehead atoms. The highest BCUT2D eigenvalue weighted by molar-refractivity contribution is 6.12. The van der Waals surface area contributed by atoms with Crippen LogP contribution in [0.3, 0.4) is 0 Å². The van der Waals surface area contributed by atoms with Gasteiger partial charge in [0, 0.05) is 41.2 Å². The molecule has 26 nitrogen and oxygen atoms in total. The maximum atomic E-state index is 15.4. The Kier molecular flexibility index (Phi) is 20.0. The Labute approximate surface area is 467 Å². The molecule has 3 aliphatic heterocycles. The lowest BCUT2D eigenvalue weighted by Crippen LogP contribution is -2.52. The van der Waals surface area contributed by atoms with E-state index in [1.807, 2.05) is 0 Å². The molecule has 82 heavy (non-hydrogen) atoms. The zero-order valence-corrected chi connectivity index (χ0v) is 45.0. The number of carbonyl (C=O) groups excluding carboxylic acids is 9. The summed E-state index contributed by atoms with van der Waals surface area (Å²) in [7, 11) is 0. The molecule has 1 aliphatic carbocycles. The third-order valence-electron chi connectivity index (χ3n) is 14.0. The van der Waals surface area contributed by atoms with Crippen LogP contribution in [0.5, 0.6) is 0 Å². The topological polar surface area (TPSA) is 340 Å². The zero-order chi connectivity index (χ0) is 58.5. The number of amides is 8. The molecule has 8 amide bonds. The lowest BCUT2D eigenvalue weighted by Gasteiger charge is -2.31. The highest BCUT2D eigenvalue weighted by atomic mass is 19.1. The number of ether oxygens (including phenoxy) is 6. The Bertz CT molecular complexity index is 3230. The molecule has 27 heteroatoms. The third-order valence-corrected chi connectivity index (χ3v) is 14.0. The molecule has 4 aliphatic rings. The largest absolute Gasteiger partial charge is 0.458 e. The molecule has 5 heterocycles. The summed E-state index contributed by atoms with van der Waals surface area (Å²) in [5.74, 6) is -6.17. The Morgan fingerprint density at radius 1 is 0.768 bits per heavy atom. The van der Waals surface area contributed by atoms with Gasteiger partial charge < -0.3 is 70.0 Å². The van der Waals surface area contributed by atoms with Gasteiger partial charge in [0.05, 0.1) is 107 Å². The molecule has 2 aromatic heterocycles. The van der Waals surface area contributed by atoms with E-state index >= 15 is 4.39 Å². The predicted octanol–water partition coefficient (Wildman–Crippen LogP) is -1.60. The highest BCUT2D eigenvalue weighted by Gasteiger charge is 2.46. The molecule has 436 valence electrons. The minimum absolute atomic E-state index is 0.0216. The third kappa shape index (κ3) is 14.2. The van der Waals surface area contributed by atoms with E-state index < -0.39 is 103 Å². The van der Waals surface area contributed by atoms with E-state index in [0.29, 0.717) is 50.1 Å². The van der Waals surface area contributed by atoms with E-state index in [2.05, 4.69) is 31.9 Å². The second-order valence-electron chi connectivity index (χ2n) is 19.4. The van der Waals surface area contributed by atoms with Crippen molar-refractivity contribution < 1.29 is 81.1 Å². The van der Waals surface area contributed by atoms with Crippen molar-refractivity contribution in [3.63, 3.8) is 0 Å². The number of halogens is 1. The number of esters is 1. The molecule has 0 radical (unpaired) electrons. The first-order valence-electron chi connectivity index (χ1n) is 26.4. The number of fused-ring (bicyclic) bond motifs is 5. The van der Waals surface area contributed by atoms with Crippen molar-refractivity contribution in [1.29, 1.82) is 0 Å². The summed E-state index contributed by atoms with van der Waals surface area (Å²) < 4.78 is 48.9. The van der Waals surface area contributed by atoms with Crippen molar-refractivity contribution in [3.8, 4) is 11.4 Å². The van der Waals surface area contributed by atoms with Gasteiger partial charge in [-0.2, -0.15) is 0 Å². The van der Waals surface area contributed by atoms with Crippen molar-refractivity contribution in [3.05, 3.63) is 110 Å². The first kappa shape index (κ1) is 59.8. The van der Waals surface area contributed by atoms with Gasteiger partial charge in [0.25, 0.3) is 17.4 Å². The predicted molar refractivity (Wildman–Crippen MR) is 283 cm³/mol. The molecule has 0 saturated carbocycles. The van der Waals surface area contributed by atoms with Gasteiger partial charge in [-0.25, -0.2) is 14.2 Å². The van der Waals surface area contributed by atoms with Crippen LogP contribution in [0.1, 0.15) is 58.3 Å². The minimum atomic E-state index is -2.06. The summed E-state index contributed by atoms with van der Waals surface area (Å²) >= 11 is 0. The number of aromatic nitrogens is 2. The molecule has 1 unspecified atom stereocenters. The van der Waals surface area contributed by atoms with Gasteiger partial charge in [0.2, 0.25) is 35.4 Å². The summed E-state index contributed by atoms with van der Waals surface area (Å²) in [5, 5.41) is 27.1. The van der Waals surface area contributed by atoms with Crippen LogP contribution in [-0.4, -0.2) is 171 Å². The van der Waals surface area contributed by atoms with Crippen LogP contribution >= 0.6 is 0 Å². The van der Waals surface area contributed by atoms with Crippen molar-refractivity contribution in [2.45, 2.75) is 63.9 Å². The number of carbonyl (C=O) groups is 9. The summed E-state index contributed by atoms with van der Waals surface area (Å²) in [5.41, 5.74) is 1.60.